The number of hydrogen-bond acceptors (Lipinski definition) is 6. The van der Waals surface area contributed by atoms with Crippen molar-refractivity contribution < 1.29 is 29.3 Å². The first-order chi connectivity index (χ1) is 22.8. The van der Waals surface area contributed by atoms with Gasteiger partial charge in [-0.3, -0.25) is 9.59 Å². The summed E-state index contributed by atoms with van der Waals surface area (Å²) in [6, 6.07) is 0. The quantitative estimate of drug-likeness (QED) is 0.0413. The fraction of sp³-hybridized carbons (Fsp3) is 0.756. The average Bonchev–Trinajstić information content (AvgIpc) is 3.05. The second-order valence-electron chi connectivity index (χ2n) is 13.3. The highest BCUT2D eigenvalue weighted by atomic mass is 16.6. The molecule has 2 atom stereocenters. The lowest BCUT2D eigenvalue weighted by Gasteiger charge is -2.12. The molecule has 6 nitrogen and oxygen atoms in total. The van der Waals surface area contributed by atoms with Crippen LogP contribution < -0.4 is 0 Å². The van der Waals surface area contributed by atoms with E-state index in [1.807, 2.05) is 6.92 Å². The fourth-order valence-corrected chi connectivity index (χ4v) is 5.07. The molecule has 2 N–H and O–H groups in total. The topological polar surface area (TPSA) is 93.1 Å². The Morgan fingerprint density at radius 1 is 0.511 bits per heavy atom. The Kier molecular flexibility index (Phi) is 33.5. The number of aliphatic hydroxyl groups is 2. The molecule has 6 heteroatoms. The van der Waals surface area contributed by atoms with Crippen molar-refractivity contribution in [1.82, 2.24) is 0 Å². The number of rotatable bonds is 33. The third-order valence-corrected chi connectivity index (χ3v) is 8.16. The molecule has 0 aliphatic rings. The standard InChI is InChI=1S/C41H72O6/c1-4-38(42)32-28-24-20-16-12-7-5-6-8-13-17-21-25-29-33-40(44)46-35-39(43)36-47-41(45)34-30-26-22-18-14-10-9-11-15-19-23-27-31-37(2)3/h6-8,12,17,20-21,24,37-39,42-43H,4-5,9-11,13-16,18-19,22-23,25-36H2,1-3H3/b8-6-,12-7-,21-17-,24-20-/t38-,39+/m0/s1. The van der Waals surface area contributed by atoms with Crippen molar-refractivity contribution in [3.8, 4) is 0 Å². The molecule has 0 bridgehead atoms. The Morgan fingerprint density at radius 3 is 1.38 bits per heavy atom. The summed E-state index contributed by atoms with van der Waals surface area (Å²) < 4.78 is 10.3. The molecule has 0 spiro atoms. The molecule has 0 fully saturated rings. The van der Waals surface area contributed by atoms with Gasteiger partial charge >= 0.3 is 11.9 Å². The van der Waals surface area contributed by atoms with Crippen LogP contribution in [-0.4, -0.2) is 47.6 Å². The second-order valence-corrected chi connectivity index (χ2v) is 13.3. The molecule has 272 valence electrons. The van der Waals surface area contributed by atoms with Crippen molar-refractivity contribution in [3.63, 3.8) is 0 Å². The Morgan fingerprint density at radius 2 is 0.915 bits per heavy atom. The van der Waals surface area contributed by atoms with Crippen molar-refractivity contribution in [1.29, 1.82) is 0 Å². The van der Waals surface area contributed by atoms with Crippen molar-refractivity contribution in [3.05, 3.63) is 48.6 Å². The Labute approximate surface area is 289 Å². The summed E-state index contributed by atoms with van der Waals surface area (Å²) >= 11 is 0. The van der Waals surface area contributed by atoms with Gasteiger partial charge in [-0.1, -0.05) is 146 Å². The van der Waals surface area contributed by atoms with Crippen LogP contribution in [0.5, 0.6) is 0 Å². The summed E-state index contributed by atoms with van der Waals surface area (Å²) in [5.41, 5.74) is 0. The van der Waals surface area contributed by atoms with Crippen LogP contribution in [0.4, 0.5) is 0 Å². The first-order valence-electron chi connectivity index (χ1n) is 19.1. The van der Waals surface area contributed by atoms with E-state index in [0.29, 0.717) is 19.3 Å². The lowest BCUT2D eigenvalue weighted by atomic mass is 10.0. The van der Waals surface area contributed by atoms with Gasteiger partial charge in [0.05, 0.1) is 6.10 Å². The third-order valence-electron chi connectivity index (χ3n) is 8.16. The van der Waals surface area contributed by atoms with Crippen LogP contribution in [0.3, 0.4) is 0 Å². The minimum Gasteiger partial charge on any atom is -0.463 e. The number of esters is 2. The molecule has 0 aromatic heterocycles. The van der Waals surface area contributed by atoms with Gasteiger partial charge in [0.25, 0.3) is 0 Å². The molecular formula is C41H72O6. The molecule has 0 unspecified atom stereocenters. The monoisotopic (exact) mass is 661 g/mol. The van der Waals surface area contributed by atoms with Crippen LogP contribution in [0.2, 0.25) is 0 Å². The van der Waals surface area contributed by atoms with E-state index >= 15 is 0 Å². The van der Waals surface area contributed by atoms with Crippen LogP contribution >= 0.6 is 0 Å². The molecule has 0 aliphatic heterocycles. The highest BCUT2D eigenvalue weighted by Gasteiger charge is 2.12. The van der Waals surface area contributed by atoms with E-state index in [1.54, 1.807) is 0 Å². The highest BCUT2D eigenvalue weighted by molar-refractivity contribution is 5.69. The van der Waals surface area contributed by atoms with E-state index in [-0.39, 0.29) is 31.3 Å². The molecular weight excluding hydrogens is 588 g/mol. The molecule has 0 saturated carbocycles. The summed E-state index contributed by atoms with van der Waals surface area (Å²) in [6.07, 6.45) is 39.7. The van der Waals surface area contributed by atoms with Gasteiger partial charge in [-0.2, -0.15) is 0 Å². The molecule has 0 aromatic carbocycles. The molecule has 0 radical (unpaired) electrons. The lowest BCUT2D eigenvalue weighted by molar-refractivity contribution is -0.152. The number of aliphatic hydroxyl groups excluding tert-OH is 2. The van der Waals surface area contributed by atoms with Gasteiger partial charge in [-0.15, -0.1) is 0 Å². The van der Waals surface area contributed by atoms with Gasteiger partial charge in [0.15, 0.2) is 0 Å². The molecule has 47 heavy (non-hydrogen) atoms. The number of allylic oxidation sites excluding steroid dienone is 8. The number of hydrogen-bond donors (Lipinski definition) is 2. The maximum atomic E-state index is 11.9. The van der Waals surface area contributed by atoms with Gasteiger partial charge in [0.2, 0.25) is 0 Å². The molecule has 0 saturated heterocycles. The predicted molar refractivity (Wildman–Crippen MR) is 197 cm³/mol. The summed E-state index contributed by atoms with van der Waals surface area (Å²) in [5.74, 6) is 0.188. The number of carbonyl (C=O) groups excluding carboxylic acids is 2. The molecule has 0 amide bonds. The Hall–Kier alpha value is -2.18. The lowest BCUT2D eigenvalue weighted by Crippen LogP contribution is -2.25. The number of ether oxygens (including phenoxy) is 2. The van der Waals surface area contributed by atoms with E-state index in [9.17, 15) is 19.8 Å². The van der Waals surface area contributed by atoms with Crippen LogP contribution in [0.25, 0.3) is 0 Å². The first-order valence-corrected chi connectivity index (χ1v) is 19.1. The van der Waals surface area contributed by atoms with E-state index < -0.39 is 6.10 Å². The van der Waals surface area contributed by atoms with Crippen LogP contribution in [0.15, 0.2) is 48.6 Å². The van der Waals surface area contributed by atoms with E-state index in [2.05, 4.69) is 62.5 Å². The van der Waals surface area contributed by atoms with Gasteiger partial charge in [0.1, 0.15) is 19.3 Å². The molecule has 0 aliphatic carbocycles. The Bertz CT molecular complexity index is 828. The summed E-state index contributed by atoms with van der Waals surface area (Å²) in [7, 11) is 0. The van der Waals surface area contributed by atoms with Crippen molar-refractivity contribution in [2.45, 2.75) is 181 Å². The Balaban J connectivity index is 3.56. The van der Waals surface area contributed by atoms with Gasteiger partial charge in [-0.25, -0.2) is 0 Å². The summed E-state index contributed by atoms with van der Waals surface area (Å²) in [4.78, 5) is 23.9. The van der Waals surface area contributed by atoms with Crippen LogP contribution in [0.1, 0.15) is 168 Å². The van der Waals surface area contributed by atoms with Crippen LogP contribution in [-0.2, 0) is 19.1 Å². The summed E-state index contributed by atoms with van der Waals surface area (Å²) in [6.45, 7) is 6.31. The highest BCUT2D eigenvalue weighted by Crippen LogP contribution is 2.14. The predicted octanol–water partition coefficient (Wildman–Crippen LogP) is 10.7. The molecule has 0 aromatic rings. The van der Waals surface area contributed by atoms with Crippen molar-refractivity contribution >= 4 is 11.9 Å². The van der Waals surface area contributed by atoms with Crippen molar-refractivity contribution in [2.75, 3.05) is 13.2 Å². The van der Waals surface area contributed by atoms with Gasteiger partial charge in [0, 0.05) is 12.8 Å². The zero-order valence-corrected chi connectivity index (χ0v) is 30.6. The zero-order valence-electron chi connectivity index (χ0n) is 30.6. The van der Waals surface area contributed by atoms with E-state index in [1.165, 1.54) is 64.2 Å². The third kappa shape index (κ3) is 36.5. The molecule has 0 rings (SSSR count). The minimum atomic E-state index is -0.994. The smallest absolute Gasteiger partial charge is 0.305 e. The normalized spacial score (nSPS) is 13.5. The minimum absolute atomic E-state index is 0.141. The SMILES string of the molecule is CC[C@H](O)CC/C=C\C/C=C\C/C=C\C/C=C\CCCC(=O)OC[C@@H](O)COC(=O)CCCCCCCCCCCCCCC(C)C. The average molecular weight is 661 g/mol. The fourth-order valence-electron chi connectivity index (χ4n) is 5.07. The van der Waals surface area contributed by atoms with Gasteiger partial charge < -0.3 is 19.7 Å². The number of unbranched alkanes of at least 4 members (excludes halogenated alkanes) is 12. The maximum absolute atomic E-state index is 11.9. The van der Waals surface area contributed by atoms with Crippen LogP contribution in [0, 0.1) is 5.92 Å². The van der Waals surface area contributed by atoms with Crippen molar-refractivity contribution in [2.24, 2.45) is 5.92 Å². The largest absolute Gasteiger partial charge is 0.463 e. The summed E-state index contributed by atoms with van der Waals surface area (Å²) in [5, 5.41) is 19.5. The molecule has 0 heterocycles. The first kappa shape index (κ1) is 44.8. The maximum Gasteiger partial charge on any atom is 0.305 e. The van der Waals surface area contributed by atoms with Gasteiger partial charge in [-0.05, 0) is 63.7 Å². The second kappa shape index (κ2) is 35.1. The van der Waals surface area contributed by atoms with E-state index in [0.717, 1.165) is 70.1 Å². The number of carbonyl (C=O) groups is 2. The zero-order chi connectivity index (χ0) is 34.6. The van der Waals surface area contributed by atoms with E-state index in [4.69, 9.17) is 9.47 Å².